The number of aromatic nitrogens is 2. The van der Waals surface area contributed by atoms with Crippen LogP contribution in [0.2, 0.25) is 5.15 Å². The van der Waals surface area contributed by atoms with Crippen molar-refractivity contribution in [3.63, 3.8) is 0 Å². The molecule has 0 spiro atoms. The van der Waals surface area contributed by atoms with E-state index >= 15 is 0 Å². The molecule has 0 bridgehead atoms. The van der Waals surface area contributed by atoms with Crippen molar-refractivity contribution in [3.8, 4) is 5.69 Å². The summed E-state index contributed by atoms with van der Waals surface area (Å²) in [6.07, 6.45) is 0. The van der Waals surface area contributed by atoms with Crippen molar-refractivity contribution in [2.75, 3.05) is 0 Å². The van der Waals surface area contributed by atoms with Crippen molar-refractivity contribution in [2.45, 2.75) is 33.1 Å². The standard InChI is InChI=1S/C14H16ClN3O2/c1-9-5-7-10(8-6-9)17-13(15)11(18(19)20)12(16-17)14(2,3)4/h5-8H,1-4H3. The zero-order valence-corrected chi connectivity index (χ0v) is 12.6. The fourth-order valence-electron chi connectivity index (χ4n) is 1.91. The maximum atomic E-state index is 11.3. The first-order chi connectivity index (χ1) is 9.21. The predicted molar refractivity (Wildman–Crippen MR) is 78.7 cm³/mol. The van der Waals surface area contributed by atoms with E-state index in [2.05, 4.69) is 5.10 Å². The fraction of sp³-hybridized carbons (Fsp3) is 0.357. The first-order valence-electron chi connectivity index (χ1n) is 6.22. The van der Waals surface area contributed by atoms with Gasteiger partial charge in [-0.3, -0.25) is 10.1 Å². The number of halogens is 1. The Balaban J connectivity index is 2.67. The van der Waals surface area contributed by atoms with Crippen molar-refractivity contribution >= 4 is 17.3 Å². The van der Waals surface area contributed by atoms with Crippen LogP contribution < -0.4 is 0 Å². The molecule has 0 aliphatic rings. The summed E-state index contributed by atoms with van der Waals surface area (Å²) in [6.45, 7) is 7.59. The SMILES string of the molecule is Cc1ccc(-n2nc(C(C)(C)C)c([N+](=O)[O-])c2Cl)cc1. The minimum Gasteiger partial charge on any atom is -0.258 e. The summed E-state index contributed by atoms with van der Waals surface area (Å²) in [5.74, 6) is 0. The Morgan fingerprint density at radius 1 is 1.25 bits per heavy atom. The van der Waals surface area contributed by atoms with E-state index in [1.165, 1.54) is 4.68 Å². The van der Waals surface area contributed by atoms with E-state index in [4.69, 9.17) is 11.6 Å². The Morgan fingerprint density at radius 2 is 1.80 bits per heavy atom. The molecule has 0 saturated heterocycles. The molecule has 0 unspecified atom stereocenters. The maximum Gasteiger partial charge on any atom is 0.330 e. The van der Waals surface area contributed by atoms with E-state index < -0.39 is 10.3 Å². The van der Waals surface area contributed by atoms with E-state index in [-0.39, 0.29) is 10.8 Å². The third-order valence-electron chi connectivity index (χ3n) is 2.98. The van der Waals surface area contributed by atoms with Crippen LogP contribution in [0, 0.1) is 17.0 Å². The molecule has 2 rings (SSSR count). The maximum absolute atomic E-state index is 11.3. The number of hydrogen-bond acceptors (Lipinski definition) is 3. The largest absolute Gasteiger partial charge is 0.330 e. The summed E-state index contributed by atoms with van der Waals surface area (Å²) in [7, 11) is 0. The van der Waals surface area contributed by atoms with Gasteiger partial charge in [-0.05, 0) is 19.1 Å². The molecule has 6 heteroatoms. The second kappa shape index (κ2) is 4.90. The molecule has 0 radical (unpaired) electrons. The molecule has 1 aromatic heterocycles. The van der Waals surface area contributed by atoms with Crippen molar-refractivity contribution in [1.29, 1.82) is 0 Å². The molecule has 0 fully saturated rings. The minimum absolute atomic E-state index is 0.0313. The highest BCUT2D eigenvalue weighted by atomic mass is 35.5. The number of hydrogen-bond donors (Lipinski definition) is 0. The van der Waals surface area contributed by atoms with Gasteiger partial charge in [0.05, 0.1) is 10.6 Å². The van der Waals surface area contributed by atoms with Crippen LogP contribution >= 0.6 is 11.6 Å². The van der Waals surface area contributed by atoms with Gasteiger partial charge in [0.15, 0.2) is 0 Å². The van der Waals surface area contributed by atoms with Gasteiger partial charge in [-0.15, -0.1) is 0 Å². The first-order valence-corrected chi connectivity index (χ1v) is 6.60. The second-order valence-electron chi connectivity index (χ2n) is 5.74. The molecule has 0 aliphatic carbocycles. The van der Waals surface area contributed by atoms with E-state index in [9.17, 15) is 10.1 Å². The van der Waals surface area contributed by atoms with Gasteiger partial charge in [-0.25, -0.2) is 4.68 Å². The number of nitrogens with zero attached hydrogens (tertiary/aromatic N) is 3. The van der Waals surface area contributed by atoms with E-state index in [1.54, 1.807) is 0 Å². The number of rotatable bonds is 2. The topological polar surface area (TPSA) is 61.0 Å². The molecule has 0 atom stereocenters. The Hall–Kier alpha value is -1.88. The summed E-state index contributed by atoms with van der Waals surface area (Å²) in [6, 6.07) is 7.50. The average Bonchev–Trinajstić information content (AvgIpc) is 2.68. The van der Waals surface area contributed by atoms with E-state index in [0.717, 1.165) is 5.56 Å². The monoisotopic (exact) mass is 293 g/mol. The molecule has 0 saturated carbocycles. The molecule has 5 nitrogen and oxygen atoms in total. The number of benzene rings is 1. The Bertz CT molecular complexity index is 654. The van der Waals surface area contributed by atoms with Crippen molar-refractivity contribution < 1.29 is 4.92 Å². The van der Waals surface area contributed by atoms with Crippen LogP contribution in [0.5, 0.6) is 0 Å². The average molecular weight is 294 g/mol. The van der Waals surface area contributed by atoms with Crippen molar-refractivity contribution in [2.24, 2.45) is 0 Å². The van der Waals surface area contributed by atoms with E-state index in [1.807, 2.05) is 52.0 Å². The number of nitro groups is 1. The first kappa shape index (κ1) is 14.5. The third kappa shape index (κ3) is 2.54. The summed E-state index contributed by atoms with van der Waals surface area (Å²) in [4.78, 5) is 10.8. The lowest BCUT2D eigenvalue weighted by molar-refractivity contribution is -0.385. The normalized spacial score (nSPS) is 11.7. The van der Waals surface area contributed by atoms with Gasteiger partial charge in [0.25, 0.3) is 0 Å². The van der Waals surface area contributed by atoms with Crippen LogP contribution in [0.3, 0.4) is 0 Å². The third-order valence-corrected chi connectivity index (χ3v) is 3.32. The van der Waals surface area contributed by atoms with Crippen molar-refractivity contribution in [3.05, 3.63) is 50.8 Å². The van der Waals surface area contributed by atoms with Crippen LogP contribution in [-0.2, 0) is 5.41 Å². The Morgan fingerprint density at radius 3 is 2.20 bits per heavy atom. The molecule has 0 aliphatic heterocycles. The highest BCUT2D eigenvalue weighted by Gasteiger charge is 2.34. The van der Waals surface area contributed by atoms with Gasteiger partial charge >= 0.3 is 5.69 Å². The van der Waals surface area contributed by atoms with Crippen LogP contribution in [-0.4, -0.2) is 14.7 Å². The van der Waals surface area contributed by atoms with Gasteiger partial charge in [-0.1, -0.05) is 50.1 Å². The summed E-state index contributed by atoms with van der Waals surface area (Å²) >= 11 is 6.16. The summed E-state index contributed by atoms with van der Waals surface area (Å²) < 4.78 is 1.42. The fourth-order valence-corrected chi connectivity index (χ4v) is 2.21. The highest BCUT2D eigenvalue weighted by molar-refractivity contribution is 6.32. The van der Waals surface area contributed by atoms with Crippen LogP contribution in [0.4, 0.5) is 5.69 Å². The molecule has 2 aromatic rings. The molecular weight excluding hydrogens is 278 g/mol. The molecule has 0 amide bonds. The van der Waals surface area contributed by atoms with Gasteiger partial charge in [-0.2, -0.15) is 5.10 Å². The lowest BCUT2D eigenvalue weighted by Crippen LogP contribution is -2.14. The Kier molecular flexibility index (Phi) is 3.56. The summed E-state index contributed by atoms with van der Waals surface area (Å²) in [5, 5.41) is 15.6. The molecule has 1 heterocycles. The van der Waals surface area contributed by atoms with Crippen molar-refractivity contribution in [1.82, 2.24) is 9.78 Å². The summed E-state index contributed by atoms with van der Waals surface area (Å²) in [5.41, 5.74) is 1.61. The smallest absolute Gasteiger partial charge is 0.258 e. The quantitative estimate of drug-likeness (QED) is 0.620. The van der Waals surface area contributed by atoms with Gasteiger partial charge in [0.2, 0.25) is 5.15 Å². The molecule has 0 N–H and O–H groups in total. The van der Waals surface area contributed by atoms with E-state index in [0.29, 0.717) is 11.4 Å². The van der Waals surface area contributed by atoms with Crippen LogP contribution in [0.25, 0.3) is 5.69 Å². The Labute approximate surface area is 122 Å². The minimum atomic E-state index is -0.472. The zero-order chi connectivity index (χ0) is 15.1. The second-order valence-corrected chi connectivity index (χ2v) is 6.10. The molecular formula is C14H16ClN3O2. The van der Waals surface area contributed by atoms with Gasteiger partial charge in [0.1, 0.15) is 5.69 Å². The molecule has 106 valence electrons. The number of aryl methyl sites for hydroxylation is 1. The lowest BCUT2D eigenvalue weighted by atomic mass is 9.91. The lowest BCUT2D eigenvalue weighted by Gasteiger charge is -2.13. The van der Waals surface area contributed by atoms with Gasteiger partial charge in [0, 0.05) is 5.41 Å². The van der Waals surface area contributed by atoms with Gasteiger partial charge < -0.3 is 0 Å². The van der Waals surface area contributed by atoms with Crippen LogP contribution in [0.15, 0.2) is 24.3 Å². The predicted octanol–water partition coefficient (Wildman–Crippen LogP) is 4.04. The highest BCUT2D eigenvalue weighted by Crippen LogP contribution is 2.37. The zero-order valence-electron chi connectivity index (χ0n) is 11.8. The molecule has 20 heavy (non-hydrogen) atoms. The molecule has 1 aromatic carbocycles. The van der Waals surface area contributed by atoms with Crippen LogP contribution in [0.1, 0.15) is 32.0 Å².